The summed E-state index contributed by atoms with van der Waals surface area (Å²) in [5.74, 6) is -1.55. The van der Waals surface area contributed by atoms with E-state index in [0.717, 1.165) is 0 Å². The van der Waals surface area contributed by atoms with Crippen molar-refractivity contribution < 1.29 is 33.0 Å². The third-order valence-electron chi connectivity index (χ3n) is 2.35. The number of aliphatic carboxylic acids is 1. The smallest absolute Gasteiger partial charge is 0.324 e. The number of rotatable bonds is 6. The van der Waals surface area contributed by atoms with E-state index in [-0.39, 0.29) is 11.3 Å². The molecule has 0 unspecified atom stereocenters. The fourth-order valence-corrected chi connectivity index (χ4v) is 2.48. The number of carboxylic acid groups (broad SMARTS) is 1. The molecule has 0 aliphatic carbocycles. The van der Waals surface area contributed by atoms with Gasteiger partial charge in [0.05, 0.1) is 19.3 Å². The van der Waals surface area contributed by atoms with Crippen molar-refractivity contribution >= 4 is 21.1 Å². The minimum atomic E-state index is -4.61. The Hall–Kier alpha value is -1.97. The van der Waals surface area contributed by atoms with Gasteiger partial charge in [-0.15, -0.1) is 0 Å². The molecule has 0 aromatic heterocycles. The zero-order valence-corrected chi connectivity index (χ0v) is 11.3. The van der Waals surface area contributed by atoms with Crippen LogP contribution in [0.5, 0.6) is 5.75 Å². The van der Waals surface area contributed by atoms with Crippen molar-refractivity contribution in [2.75, 3.05) is 13.7 Å². The van der Waals surface area contributed by atoms with E-state index in [2.05, 4.69) is 0 Å². The molecule has 3 N–H and O–H groups in total. The Morgan fingerprint density at radius 3 is 2.45 bits per heavy atom. The Morgan fingerprint density at radius 2 is 1.95 bits per heavy atom. The van der Waals surface area contributed by atoms with E-state index in [1.54, 1.807) is 10.8 Å². The maximum Gasteiger partial charge on any atom is 0.324 e. The number of ether oxygens (including phenoxy) is 1. The van der Waals surface area contributed by atoms with E-state index in [1.807, 2.05) is 0 Å². The van der Waals surface area contributed by atoms with E-state index >= 15 is 0 Å². The van der Waals surface area contributed by atoms with Crippen LogP contribution in [0.15, 0.2) is 24.3 Å². The van der Waals surface area contributed by atoms with Crippen molar-refractivity contribution in [1.82, 2.24) is 4.72 Å². The Labute approximate surface area is 115 Å². The molecule has 20 heavy (non-hydrogen) atoms. The first-order valence-corrected chi connectivity index (χ1v) is 6.85. The number of aliphatic hydroxyl groups excluding tert-OH is 1. The first-order valence-electron chi connectivity index (χ1n) is 5.36. The van der Waals surface area contributed by atoms with Gasteiger partial charge < -0.3 is 14.9 Å². The second kappa shape index (κ2) is 6.46. The third kappa shape index (κ3) is 3.53. The molecule has 0 fully saturated rings. The lowest BCUT2D eigenvalue weighted by atomic mass is 10.2. The number of methoxy groups -OCH3 is 1. The lowest BCUT2D eigenvalue weighted by Gasteiger charge is -2.12. The van der Waals surface area contributed by atoms with Gasteiger partial charge in [-0.3, -0.25) is 9.59 Å². The summed E-state index contributed by atoms with van der Waals surface area (Å²) in [7, 11) is -3.35. The summed E-state index contributed by atoms with van der Waals surface area (Å²) in [6.45, 7) is -0.978. The van der Waals surface area contributed by atoms with Crippen molar-refractivity contribution in [2.45, 2.75) is 6.04 Å². The Balaban J connectivity index is 3.09. The molecule has 1 atom stereocenters. The van der Waals surface area contributed by atoms with Crippen LogP contribution < -0.4 is 9.46 Å². The molecule has 8 nitrogen and oxygen atoms in total. The monoisotopic (exact) mass is 303 g/mol. The fourth-order valence-electron chi connectivity index (χ4n) is 1.36. The second-order valence-electron chi connectivity index (χ2n) is 3.68. The molecule has 0 bridgehead atoms. The van der Waals surface area contributed by atoms with Gasteiger partial charge in [0.2, 0.25) is 0 Å². The highest BCUT2D eigenvalue weighted by atomic mass is 32.2. The Kier molecular flexibility index (Phi) is 5.19. The highest BCUT2D eigenvalue weighted by Crippen LogP contribution is 2.19. The number of aliphatic hydroxyl groups is 1. The van der Waals surface area contributed by atoms with Crippen molar-refractivity contribution in [3.8, 4) is 5.75 Å². The van der Waals surface area contributed by atoms with Gasteiger partial charge in [0.15, 0.2) is 0 Å². The van der Waals surface area contributed by atoms with Gasteiger partial charge in [0.1, 0.15) is 11.8 Å². The molecule has 0 heterocycles. The second-order valence-corrected chi connectivity index (χ2v) is 5.30. The van der Waals surface area contributed by atoms with Crippen molar-refractivity contribution in [3.63, 3.8) is 0 Å². The molecular weight excluding hydrogens is 290 g/mol. The first-order chi connectivity index (χ1) is 9.33. The molecule has 0 spiro atoms. The molecule has 0 radical (unpaired) electrons. The maximum atomic E-state index is 11.9. The fraction of sp³-hybridized carbons (Fsp3) is 0.273. The number of nitrogens with one attached hydrogen (secondary N) is 1. The summed E-state index contributed by atoms with van der Waals surface area (Å²) in [4.78, 5) is 22.6. The average Bonchev–Trinajstić information content (AvgIpc) is 2.43. The molecule has 9 heteroatoms. The summed E-state index contributed by atoms with van der Waals surface area (Å²) < 4.78 is 30.0. The number of benzene rings is 1. The standard InChI is InChI=1S/C11H13NO7S/c1-19-9-5-3-2-4-7(9)11(16)20(17,18)12-8(6-13)10(14)15/h2-5,8,12-13H,6H2,1H3,(H,14,15)/t8-/m0/s1. The zero-order valence-electron chi connectivity index (χ0n) is 10.4. The average molecular weight is 303 g/mol. The first kappa shape index (κ1) is 16.1. The topological polar surface area (TPSA) is 130 Å². The van der Waals surface area contributed by atoms with Crippen LogP contribution in [0.25, 0.3) is 0 Å². The summed E-state index contributed by atoms with van der Waals surface area (Å²) in [6, 6.07) is 3.81. The molecular formula is C11H13NO7S. The maximum absolute atomic E-state index is 11.9. The molecule has 0 saturated heterocycles. The van der Waals surface area contributed by atoms with Crippen LogP contribution in [-0.4, -0.2) is 49.5 Å². The molecule has 0 saturated carbocycles. The summed E-state index contributed by atoms with van der Waals surface area (Å²) >= 11 is 0. The van der Waals surface area contributed by atoms with Gasteiger partial charge in [0, 0.05) is 0 Å². The predicted octanol–water partition coefficient (Wildman–Crippen LogP) is -0.800. The molecule has 0 aliphatic heterocycles. The number of carboxylic acids is 1. The number of para-hydroxylation sites is 1. The van der Waals surface area contributed by atoms with Crippen LogP contribution in [0.3, 0.4) is 0 Å². The van der Waals surface area contributed by atoms with Gasteiger partial charge >= 0.3 is 5.97 Å². The number of carbonyl (C=O) groups is 2. The van der Waals surface area contributed by atoms with E-state index in [0.29, 0.717) is 0 Å². The minimum Gasteiger partial charge on any atom is -0.496 e. The van der Waals surface area contributed by atoms with Crippen LogP contribution in [0.1, 0.15) is 10.4 Å². The number of hydrogen-bond acceptors (Lipinski definition) is 6. The Morgan fingerprint density at radius 1 is 1.35 bits per heavy atom. The normalized spacial score (nSPS) is 12.7. The number of hydrogen-bond donors (Lipinski definition) is 3. The lowest BCUT2D eigenvalue weighted by molar-refractivity contribution is -0.139. The lowest BCUT2D eigenvalue weighted by Crippen LogP contribution is -2.45. The van der Waals surface area contributed by atoms with E-state index < -0.39 is 33.8 Å². The molecule has 110 valence electrons. The van der Waals surface area contributed by atoms with Crippen LogP contribution in [0, 0.1) is 0 Å². The van der Waals surface area contributed by atoms with Crippen LogP contribution >= 0.6 is 0 Å². The minimum absolute atomic E-state index is 0.0405. The highest BCUT2D eigenvalue weighted by molar-refractivity contribution is 8.05. The Bertz CT molecular complexity index is 611. The van der Waals surface area contributed by atoms with E-state index in [4.69, 9.17) is 14.9 Å². The summed E-state index contributed by atoms with van der Waals surface area (Å²) in [5.41, 5.74) is -0.232. The summed E-state index contributed by atoms with van der Waals surface area (Å²) in [6.07, 6.45) is 0. The number of carbonyl (C=O) groups excluding carboxylic acids is 1. The van der Waals surface area contributed by atoms with E-state index in [1.165, 1.54) is 25.3 Å². The van der Waals surface area contributed by atoms with Gasteiger partial charge in [0.25, 0.3) is 15.1 Å². The predicted molar refractivity (Wildman–Crippen MR) is 67.9 cm³/mol. The van der Waals surface area contributed by atoms with Crippen LogP contribution in [0.2, 0.25) is 0 Å². The SMILES string of the molecule is COc1ccccc1C(=O)S(=O)(=O)N[C@@H](CO)C(=O)O. The third-order valence-corrected chi connectivity index (χ3v) is 3.65. The highest BCUT2D eigenvalue weighted by Gasteiger charge is 2.31. The molecule has 1 aromatic rings. The quantitative estimate of drug-likeness (QED) is 0.627. The number of sulfonamides is 1. The van der Waals surface area contributed by atoms with E-state index in [9.17, 15) is 18.0 Å². The zero-order chi connectivity index (χ0) is 15.3. The van der Waals surface area contributed by atoms with Crippen molar-refractivity contribution in [1.29, 1.82) is 0 Å². The molecule has 0 aliphatic rings. The largest absolute Gasteiger partial charge is 0.496 e. The van der Waals surface area contributed by atoms with Crippen LogP contribution in [0.4, 0.5) is 0 Å². The molecule has 1 rings (SSSR count). The molecule has 0 amide bonds. The van der Waals surface area contributed by atoms with Crippen molar-refractivity contribution in [3.05, 3.63) is 29.8 Å². The van der Waals surface area contributed by atoms with Crippen LogP contribution in [-0.2, 0) is 14.8 Å². The molecule has 1 aromatic carbocycles. The van der Waals surface area contributed by atoms with Gasteiger partial charge in [-0.25, -0.2) is 8.42 Å². The van der Waals surface area contributed by atoms with Gasteiger partial charge in [-0.05, 0) is 12.1 Å². The van der Waals surface area contributed by atoms with Gasteiger partial charge in [-0.2, -0.15) is 4.72 Å². The summed E-state index contributed by atoms with van der Waals surface area (Å²) in [5, 5.41) is 16.1. The van der Waals surface area contributed by atoms with Crippen molar-refractivity contribution in [2.24, 2.45) is 0 Å². The van der Waals surface area contributed by atoms with Gasteiger partial charge in [-0.1, -0.05) is 12.1 Å².